The average molecular weight is 359 g/mol. The minimum absolute atomic E-state index is 0.0880. The number of nitrogens with zero attached hydrogens (tertiary/aromatic N) is 1. The van der Waals surface area contributed by atoms with Crippen molar-refractivity contribution in [3.05, 3.63) is 72.1 Å². The van der Waals surface area contributed by atoms with E-state index in [1.165, 1.54) is 17.7 Å². The number of fused-ring (bicyclic) bond motifs is 1. The summed E-state index contributed by atoms with van der Waals surface area (Å²) in [7, 11) is 0. The van der Waals surface area contributed by atoms with Gasteiger partial charge in [-0.05, 0) is 35.0 Å². The lowest BCUT2D eigenvalue weighted by molar-refractivity contribution is -0.114. The van der Waals surface area contributed by atoms with E-state index in [1.54, 1.807) is 11.3 Å². The molecule has 0 bridgehead atoms. The van der Waals surface area contributed by atoms with Gasteiger partial charge in [0.25, 0.3) is 0 Å². The van der Waals surface area contributed by atoms with Crippen molar-refractivity contribution in [3.8, 4) is 11.3 Å². The molecule has 5 heteroatoms. The van der Waals surface area contributed by atoms with Crippen LogP contribution in [0.3, 0.4) is 0 Å². The molecule has 2 N–H and O–H groups in total. The predicted octanol–water partition coefficient (Wildman–Crippen LogP) is 5.67. The summed E-state index contributed by atoms with van der Waals surface area (Å²) in [5.41, 5.74) is 3.69. The van der Waals surface area contributed by atoms with Crippen molar-refractivity contribution in [1.82, 2.24) is 4.98 Å². The Kier molecular flexibility index (Phi) is 4.37. The minimum Gasteiger partial charge on any atom is -0.331 e. The zero-order valence-corrected chi connectivity index (χ0v) is 15.0. The Morgan fingerprint density at radius 3 is 2.58 bits per heavy atom. The molecule has 0 radical (unpaired) electrons. The highest BCUT2D eigenvalue weighted by Gasteiger charge is 2.06. The van der Waals surface area contributed by atoms with E-state index in [0.29, 0.717) is 0 Å². The Bertz CT molecular complexity index is 1090. The van der Waals surface area contributed by atoms with Crippen molar-refractivity contribution < 1.29 is 4.79 Å². The van der Waals surface area contributed by atoms with Gasteiger partial charge in [0, 0.05) is 29.2 Å². The van der Waals surface area contributed by atoms with Gasteiger partial charge in [-0.1, -0.05) is 42.5 Å². The number of carbonyl (C=O) groups excluding carboxylic acids is 1. The van der Waals surface area contributed by atoms with Gasteiger partial charge in [0.1, 0.15) is 0 Å². The number of rotatable bonds is 4. The van der Waals surface area contributed by atoms with Crippen LogP contribution in [0, 0.1) is 0 Å². The van der Waals surface area contributed by atoms with Crippen LogP contribution in [-0.2, 0) is 4.79 Å². The van der Waals surface area contributed by atoms with Crippen LogP contribution in [0.5, 0.6) is 0 Å². The monoisotopic (exact) mass is 359 g/mol. The fourth-order valence-electron chi connectivity index (χ4n) is 2.81. The Balaban J connectivity index is 1.56. The molecule has 4 rings (SSSR count). The minimum atomic E-state index is -0.0880. The second-order valence-corrected chi connectivity index (χ2v) is 6.84. The second kappa shape index (κ2) is 6.98. The normalized spacial score (nSPS) is 10.7. The number of carbonyl (C=O) groups is 1. The SMILES string of the molecule is CC(=O)Nc1cccc(Nc2nc(-c3ccc4ccccc4c3)cs2)c1. The van der Waals surface area contributed by atoms with Crippen molar-refractivity contribution in [2.75, 3.05) is 10.6 Å². The number of hydrogen-bond acceptors (Lipinski definition) is 4. The smallest absolute Gasteiger partial charge is 0.221 e. The third-order valence-electron chi connectivity index (χ3n) is 3.98. The maximum atomic E-state index is 11.2. The Labute approximate surface area is 155 Å². The Morgan fingerprint density at radius 1 is 0.923 bits per heavy atom. The van der Waals surface area contributed by atoms with E-state index < -0.39 is 0 Å². The van der Waals surface area contributed by atoms with Crippen LogP contribution in [0.1, 0.15) is 6.92 Å². The molecule has 4 aromatic rings. The van der Waals surface area contributed by atoms with Gasteiger partial charge in [0.05, 0.1) is 5.69 Å². The van der Waals surface area contributed by atoms with Gasteiger partial charge in [0.2, 0.25) is 5.91 Å². The van der Waals surface area contributed by atoms with E-state index in [-0.39, 0.29) is 5.91 Å². The second-order valence-electron chi connectivity index (χ2n) is 5.99. The molecule has 128 valence electrons. The average Bonchev–Trinajstić information content (AvgIpc) is 3.09. The summed E-state index contributed by atoms with van der Waals surface area (Å²) < 4.78 is 0. The largest absolute Gasteiger partial charge is 0.331 e. The fraction of sp³-hybridized carbons (Fsp3) is 0.0476. The van der Waals surface area contributed by atoms with E-state index in [0.717, 1.165) is 27.8 Å². The molecule has 0 spiro atoms. The summed E-state index contributed by atoms with van der Waals surface area (Å²) in [6, 6.07) is 22.3. The molecule has 1 heterocycles. The van der Waals surface area contributed by atoms with Crippen molar-refractivity contribution in [1.29, 1.82) is 0 Å². The Hall–Kier alpha value is -3.18. The zero-order valence-electron chi connectivity index (χ0n) is 14.2. The Morgan fingerprint density at radius 2 is 1.73 bits per heavy atom. The van der Waals surface area contributed by atoms with Gasteiger partial charge < -0.3 is 10.6 Å². The molecule has 0 saturated heterocycles. The third kappa shape index (κ3) is 3.58. The summed E-state index contributed by atoms with van der Waals surface area (Å²) in [5, 5.41) is 11.4. The number of nitrogens with one attached hydrogen (secondary N) is 2. The number of thiazole rings is 1. The first-order valence-electron chi connectivity index (χ1n) is 8.27. The standard InChI is InChI=1S/C21H17N3OS/c1-14(25)22-18-7-4-8-19(12-18)23-21-24-20(13-26-21)17-10-9-15-5-2-3-6-16(15)11-17/h2-13H,1H3,(H,22,25)(H,23,24). The summed E-state index contributed by atoms with van der Waals surface area (Å²) in [6.07, 6.45) is 0. The zero-order chi connectivity index (χ0) is 17.9. The molecule has 0 aliphatic carbocycles. The van der Waals surface area contributed by atoms with Crippen LogP contribution in [-0.4, -0.2) is 10.9 Å². The number of hydrogen-bond donors (Lipinski definition) is 2. The molecular weight excluding hydrogens is 342 g/mol. The van der Waals surface area contributed by atoms with Crippen molar-refractivity contribution >= 4 is 44.5 Å². The third-order valence-corrected chi connectivity index (χ3v) is 4.74. The quantitative estimate of drug-likeness (QED) is 0.494. The molecular formula is C21H17N3OS. The number of aromatic nitrogens is 1. The summed E-state index contributed by atoms with van der Waals surface area (Å²) in [6.45, 7) is 1.50. The first-order valence-corrected chi connectivity index (χ1v) is 9.15. The van der Waals surface area contributed by atoms with Gasteiger partial charge in [-0.25, -0.2) is 4.98 Å². The van der Waals surface area contributed by atoms with Gasteiger partial charge >= 0.3 is 0 Å². The highest BCUT2D eigenvalue weighted by atomic mass is 32.1. The molecule has 4 nitrogen and oxygen atoms in total. The number of anilines is 3. The molecule has 26 heavy (non-hydrogen) atoms. The highest BCUT2D eigenvalue weighted by molar-refractivity contribution is 7.14. The van der Waals surface area contributed by atoms with Crippen molar-refractivity contribution in [2.45, 2.75) is 6.92 Å². The molecule has 1 amide bonds. The first kappa shape index (κ1) is 16.3. The highest BCUT2D eigenvalue weighted by Crippen LogP contribution is 2.29. The van der Waals surface area contributed by atoms with Gasteiger partial charge in [-0.2, -0.15) is 0 Å². The molecule has 3 aromatic carbocycles. The van der Waals surface area contributed by atoms with Crippen LogP contribution in [0.25, 0.3) is 22.0 Å². The molecule has 0 aliphatic heterocycles. The lowest BCUT2D eigenvalue weighted by atomic mass is 10.1. The lowest BCUT2D eigenvalue weighted by Crippen LogP contribution is -2.05. The van der Waals surface area contributed by atoms with E-state index in [4.69, 9.17) is 4.98 Å². The number of amides is 1. The van der Waals surface area contributed by atoms with Gasteiger partial charge in [-0.15, -0.1) is 11.3 Å². The molecule has 1 aromatic heterocycles. The molecule has 0 atom stereocenters. The summed E-state index contributed by atoms with van der Waals surface area (Å²) >= 11 is 1.55. The van der Waals surface area contributed by atoms with Gasteiger partial charge in [-0.3, -0.25) is 4.79 Å². The van der Waals surface area contributed by atoms with Crippen molar-refractivity contribution in [2.24, 2.45) is 0 Å². The van der Waals surface area contributed by atoms with Crippen LogP contribution in [0.15, 0.2) is 72.1 Å². The predicted molar refractivity (Wildman–Crippen MR) is 109 cm³/mol. The van der Waals surface area contributed by atoms with E-state index in [1.807, 2.05) is 41.8 Å². The molecule has 0 fully saturated rings. The number of benzene rings is 3. The molecule has 0 unspecified atom stereocenters. The molecule has 0 aliphatic rings. The first-order chi connectivity index (χ1) is 12.7. The maximum Gasteiger partial charge on any atom is 0.221 e. The topological polar surface area (TPSA) is 54.0 Å². The van der Waals surface area contributed by atoms with Crippen LogP contribution >= 0.6 is 11.3 Å². The van der Waals surface area contributed by atoms with E-state index in [2.05, 4.69) is 41.0 Å². The maximum absolute atomic E-state index is 11.2. The van der Waals surface area contributed by atoms with E-state index >= 15 is 0 Å². The molecule has 0 saturated carbocycles. The van der Waals surface area contributed by atoms with Crippen LogP contribution < -0.4 is 10.6 Å². The van der Waals surface area contributed by atoms with E-state index in [9.17, 15) is 4.79 Å². The van der Waals surface area contributed by atoms with Crippen LogP contribution in [0.4, 0.5) is 16.5 Å². The summed E-state index contributed by atoms with van der Waals surface area (Å²) in [5.74, 6) is -0.0880. The van der Waals surface area contributed by atoms with Gasteiger partial charge in [0.15, 0.2) is 5.13 Å². The lowest BCUT2D eigenvalue weighted by Gasteiger charge is -2.06. The van der Waals surface area contributed by atoms with Crippen LogP contribution in [0.2, 0.25) is 0 Å². The summed E-state index contributed by atoms with van der Waals surface area (Å²) in [4.78, 5) is 15.9. The van der Waals surface area contributed by atoms with Crippen molar-refractivity contribution in [3.63, 3.8) is 0 Å². The fourth-order valence-corrected chi connectivity index (χ4v) is 3.55.